The molecule has 0 aliphatic carbocycles. The molecule has 0 aliphatic heterocycles. The van der Waals surface area contributed by atoms with E-state index in [-0.39, 0.29) is 17.5 Å². The van der Waals surface area contributed by atoms with Gasteiger partial charge in [-0.1, -0.05) is 13.8 Å². The van der Waals surface area contributed by atoms with Crippen LogP contribution in [-0.4, -0.2) is 6.10 Å². The lowest BCUT2D eigenvalue weighted by molar-refractivity contribution is 0.177. The number of ether oxygens (including phenoxy) is 1. The number of hydrogen-bond donors (Lipinski definition) is 1. The minimum absolute atomic E-state index is 0.0545. The van der Waals surface area contributed by atoms with E-state index in [4.69, 9.17) is 10.5 Å². The standard InChI is InChI=1S/C12H17F2NO/c1-7(2)4-8(3)16-12-10(13)5-9(15)6-11(12)14/h5-8H,4,15H2,1-3H3. The second-order valence-electron chi connectivity index (χ2n) is 4.37. The predicted molar refractivity (Wildman–Crippen MR) is 60.3 cm³/mol. The lowest BCUT2D eigenvalue weighted by Gasteiger charge is -2.17. The van der Waals surface area contributed by atoms with Gasteiger partial charge in [0, 0.05) is 17.8 Å². The Morgan fingerprint density at radius 3 is 2.12 bits per heavy atom. The van der Waals surface area contributed by atoms with Gasteiger partial charge >= 0.3 is 0 Å². The topological polar surface area (TPSA) is 35.2 Å². The lowest BCUT2D eigenvalue weighted by atomic mass is 10.1. The van der Waals surface area contributed by atoms with Crippen LogP contribution in [0.15, 0.2) is 12.1 Å². The normalized spacial score (nSPS) is 12.9. The number of rotatable bonds is 4. The van der Waals surface area contributed by atoms with Crippen LogP contribution >= 0.6 is 0 Å². The summed E-state index contributed by atoms with van der Waals surface area (Å²) in [6.45, 7) is 5.83. The summed E-state index contributed by atoms with van der Waals surface area (Å²) in [4.78, 5) is 0. The summed E-state index contributed by atoms with van der Waals surface area (Å²) < 4.78 is 32.0. The molecule has 0 spiro atoms. The van der Waals surface area contributed by atoms with Gasteiger partial charge in [-0.2, -0.15) is 0 Å². The maximum absolute atomic E-state index is 13.4. The van der Waals surface area contributed by atoms with Crippen LogP contribution in [0.25, 0.3) is 0 Å². The van der Waals surface area contributed by atoms with Crippen LogP contribution in [0.1, 0.15) is 27.2 Å². The first-order valence-electron chi connectivity index (χ1n) is 5.31. The highest BCUT2D eigenvalue weighted by atomic mass is 19.1. The summed E-state index contributed by atoms with van der Waals surface area (Å²) >= 11 is 0. The zero-order chi connectivity index (χ0) is 12.3. The first-order valence-corrected chi connectivity index (χ1v) is 5.31. The Morgan fingerprint density at radius 1 is 1.19 bits per heavy atom. The van der Waals surface area contributed by atoms with Crippen molar-refractivity contribution in [3.05, 3.63) is 23.8 Å². The Bertz CT molecular complexity index is 343. The van der Waals surface area contributed by atoms with E-state index < -0.39 is 11.6 Å². The molecule has 0 saturated carbocycles. The molecule has 2 nitrogen and oxygen atoms in total. The molecule has 0 aliphatic rings. The summed E-state index contributed by atoms with van der Waals surface area (Å²) in [5.74, 6) is -1.45. The summed E-state index contributed by atoms with van der Waals surface area (Å²) in [6.07, 6.45) is 0.510. The number of nitrogen functional groups attached to an aromatic ring is 1. The van der Waals surface area contributed by atoms with Gasteiger partial charge in [0.1, 0.15) is 0 Å². The Kier molecular flexibility index (Phi) is 4.10. The molecule has 1 rings (SSSR count). The lowest BCUT2D eigenvalue weighted by Crippen LogP contribution is -2.16. The molecule has 0 saturated heterocycles. The van der Waals surface area contributed by atoms with E-state index in [2.05, 4.69) is 0 Å². The van der Waals surface area contributed by atoms with Crippen LogP contribution < -0.4 is 10.5 Å². The van der Waals surface area contributed by atoms with E-state index in [9.17, 15) is 8.78 Å². The maximum atomic E-state index is 13.4. The van der Waals surface area contributed by atoms with Crippen LogP contribution in [0.3, 0.4) is 0 Å². The molecular weight excluding hydrogens is 212 g/mol. The fraction of sp³-hybridized carbons (Fsp3) is 0.500. The smallest absolute Gasteiger partial charge is 0.191 e. The molecule has 1 aromatic rings. The van der Waals surface area contributed by atoms with Gasteiger partial charge < -0.3 is 10.5 Å². The van der Waals surface area contributed by atoms with Crippen LogP contribution in [0, 0.1) is 17.6 Å². The summed E-state index contributed by atoms with van der Waals surface area (Å²) in [5, 5.41) is 0. The van der Waals surface area contributed by atoms with Gasteiger partial charge in [0.05, 0.1) is 6.10 Å². The number of halogens is 2. The highest BCUT2D eigenvalue weighted by Gasteiger charge is 2.15. The summed E-state index contributed by atoms with van der Waals surface area (Å²) in [5.41, 5.74) is 5.36. The van der Waals surface area contributed by atoms with E-state index in [0.717, 1.165) is 18.6 Å². The number of anilines is 1. The number of benzene rings is 1. The molecule has 0 aromatic heterocycles. The van der Waals surface area contributed by atoms with Crippen molar-refractivity contribution in [2.75, 3.05) is 5.73 Å². The van der Waals surface area contributed by atoms with E-state index in [0.29, 0.717) is 5.92 Å². The Hall–Kier alpha value is -1.32. The van der Waals surface area contributed by atoms with Crippen molar-refractivity contribution in [1.82, 2.24) is 0 Å². The molecule has 1 unspecified atom stereocenters. The second kappa shape index (κ2) is 5.14. The third kappa shape index (κ3) is 3.36. The predicted octanol–water partition coefficient (Wildman–Crippen LogP) is 3.36. The SMILES string of the molecule is CC(C)CC(C)Oc1c(F)cc(N)cc1F. The van der Waals surface area contributed by atoms with Gasteiger partial charge in [0.25, 0.3) is 0 Å². The summed E-state index contributed by atoms with van der Waals surface area (Å²) in [7, 11) is 0. The molecular formula is C12H17F2NO. The number of nitrogens with two attached hydrogens (primary N) is 1. The first-order chi connectivity index (χ1) is 7.40. The molecule has 0 fully saturated rings. The molecule has 1 atom stereocenters. The molecule has 0 amide bonds. The van der Waals surface area contributed by atoms with Crippen molar-refractivity contribution < 1.29 is 13.5 Å². The van der Waals surface area contributed by atoms with Gasteiger partial charge in [-0.25, -0.2) is 8.78 Å². The fourth-order valence-corrected chi connectivity index (χ4v) is 1.61. The number of hydrogen-bond acceptors (Lipinski definition) is 2. The molecule has 4 heteroatoms. The molecule has 0 heterocycles. The monoisotopic (exact) mass is 229 g/mol. The maximum Gasteiger partial charge on any atom is 0.191 e. The van der Waals surface area contributed by atoms with Gasteiger partial charge in [-0.05, 0) is 19.3 Å². The van der Waals surface area contributed by atoms with Crippen LogP contribution in [-0.2, 0) is 0 Å². The largest absolute Gasteiger partial charge is 0.485 e. The quantitative estimate of drug-likeness (QED) is 0.803. The second-order valence-corrected chi connectivity index (χ2v) is 4.37. The highest BCUT2D eigenvalue weighted by Crippen LogP contribution is 2.26. The van der Waals surface area contributed by atoms with E-state index >= 15 is 0 Å². The van der Waals surface area contributed by atoms with Gasteiger partial charge in [0.2, 0.25) is 0 Å². The Labute approximate surface area is 94.4 Å². The fourth-order valence-electron chi connectivity index (χ4n) is 1.61. The van der Waals surface area contributed by atoms with Crippen LogP contribution in [0.5, 0.6) is 5.75 Å². The van der Waals surface area contributed by atoms with Gasteiger partial charge in [-0.3, -0.25) is 0 Å². The molecule has 2 N–H and O–H groups in total. The average molecular weight is 229 g/mol. The molecule has 16 heavy (non-hydrogen) atoms. The highest BCUT2D eigenvalue weighted by molar-refractivity contribution is 5.44. The van der Waals surface area contributed by atoms with Crippen molar-refractivity contribution in [1.29, 1.82) is 0 Å². The molecule has 0 bridgehead atoms. The van der Waals surface area contributed by atoms with E-state index in [1.807, 2.05) is 13.8 Å². The third-order valence-corrected chi connectivity index (χ3v) is 2.14. The zero-order valence-electron chi connectivity index (χ0n) is 9.76. The van der Waals surface area contributed by atoms with Crippen molar-refractivity contribution >= 4 is 5.69 Å². The van der Waals surface area contributed by atoms with E-state index in [1.165, 1.54) is 0 Å². The van der Waals surface area contributed by atoms with Crippen LogP contribution in [0.4, 0.5) is 14.5 Å². The zero-order valence-corrected chi connectivity index (χ0v) is 9.76. The molecule has 1 aromatic carbocycles. The van der Waals surface area contributed by atoms with Crippen molar-refractivity contribution in [3.63, 3.8) is 0 Å². The minimum atomic E-state index is -0.756. The minimum Gasteiger partial charge on any atom is -0.485 e. The van der Waals surface area contributed by atoms with Crippen molar-refractivity contribution in [3.8, 4) is 5.75 Å². The Balaban J connectivity index is 2.81. The third-order valence-electron chi connectivity index (χ3n) is 2.14. The average Bonchev–Trinajstić information content (AvgIpc) is 2.09. The molecule has 0 radical (unpaired) electrons. The van der Waals surface area contributed by atoms with Crippen LogP contribution in [0.2, 0.25) is 0 Å². The van der Waals surface area contributed by atoms with Gasteiger partial charge in [0.15, 0.2) is 17.4 Å². The molecule has 90 valence electrons. The van der Waals surface area contributed by atoms with Crippen molar-refractivity contribution in [2.24, 2.45) is 5.92 Å². The van der Waals surface area contributed by atoms with Crippen molar-refractivity contribution in [2.45, 2.75) is 33.3 Å². The first kappa shape index (κ1) is 12.7. The van der Waals surface area contributed by atoms with E-state index in [1.54, 1.807) is 6.92 Å². The summed E-state index contributed by atoms with van der Waals surface area (Å²) in [6, 6.07) is 2.11. The Morgan fingerprint density at radius 2 is 1.69 bits per heavy atom. The van der Waals surface area contributed by atoms with Gasteiger partial charge in [-0.15, -0.1) is 0 Å².